The minimum Gasteiger partial charge on any atom is -0.303 e. The molecule has 88 valence electrons. The first-order valence-electron chi connectivity index (χ1n) is 5.66. The summed E-state index contributed by atoms with van der Waals surface area (Å²) in [6.07, 6.45) is 2.25. The van der Waals surface area contributed by atoms with E-state index in [1.807, 2.05) is 0 Å². The van der Waals surface area contributed by atoms with Crippen LogP contribution in [0.15, 0.2) is 23.6 Å². The molecule has 0 fully saturated rings. The van der Waals surface area contributed by atoms with Crippen LogP contribution in [-0.4, -0.2) is 11.3 Å². The van der Waals surface area contributed by atoms with E-state index in [9.17, 15) is 4.79 Å². The average Bonchev–Trinajstić information content (AvgIpc) is 2.78. The van der Waals surface area contributed by atoms with Gasteiger partial charge < -0.3 is 4.79 Å². The van der Waals surface area contributed by atoms with Crippen molar-refractivity contribution in [2.45, 2.75) is 26.7 Å². The Labute approximate surface area is 105 Å². The van der Waals surface area contributed by atoms with Crippen molar-refractivity contribution in [1.29, 1.82) is 0 Å². The maximum Gasteiger partial charge on any atom is 0.120 e. The molecule has 0 unspecified atom stereocenters. The van der Waals surface area contributed by atoms with E-state index in [1.165, 1.54) is 16.7 Å². The van der Waals surface area contributed by atoms with E-state index in [0.29, 0.717) is 6.42 Å². The maximum atomic E-state index is 10.3. The fourth-order valence-corrected chi connectivity index (χ4v) is 2.56. The fraction of sp³-hybridized carbons (Fsp3) is 0.286. The summed E-state index contributed by atoms with van der Waals surface area (Å²) in [6.45, 7) is 4.18. The van der Waals surface area contributed by atoms with Crippen LogP contribution in [0.2, 0.25) is 0 Å². The topological polar surface area (TPSA) is 30.0 Å². The van der Waals surface area contributed by atoms with Gasteiger partial charge in [0.2, 0.25) is 0 Å². The molecule has 0 aliphatic carbocycles. The van der Waals surface area contributed by atoms with E-state index in [0.717, 1.165) is 23.4 Å². The molecule has 0 saturated heterocycles. The highest BCUT2D eigenvalue weighted by Crippen LogP contribution is 2.26. The van der Waals surface area contributed by atoms with Crippen molar-refractivity contribution in [2.24, 2.45) is 0 Å². The summed E-state index contributed by atoms with van der Waals surface area (Å²) in [4.78, 5) is 14.9. The van der Waals surface area contributed by atoms with E-state index < -0.39 is 0 Å². The van der Waals surface area contributed by atoms with E-state index in [-0.39, 0.29) is 0 Å². The Morgan fingerprint density at radius 3 is 2.94 bits per heavy atom. The lowest BCUT2D eigenvalue weighted by Gasteiger charge is -2.03. The number of aromatic nitrogens is 1. The molecule has 0 bridgehead atoms. The second-order valence-corrected chi connectivity index (χ2v) is 5.09. The third-order valence-electron chi connectivity index (χ3n) is 2.70. The number of benzene rings is 1. The van der Waals surface area contributed by atoms with Crippen LogP contribution in [0.25, 0.3) is 11.3 Å². The van der Waals surface area contributed by atoms with Gasteiger partial charge >= 0.3 is 0 Å². The van der Waals surface area contributed by atoms with Crippen molar-refractivity contribution in [3.05, 3.63) is 39.7 Å². The Kier molecular flexibility index (Phi) is 3.69. The molecule has 0 spiro atoms. The number of carbonyl (C=O) groups excluding carboxylic acids is 1. The maximum absolute atomic E-state index is 10.3. The van der Waals surface area contributed by atoms with Gasteiger partial charge in [0.05, 0.1) is 10.7 Å². The molecule has 0 aliphatic rings. The van der Waals surface area contributed by atoms with Crippen molar-refractivity contribution in [2.75, 3.05) is 0 Å². The first-order chi connectivity index (χ1) is 8.20. The van der Waals surface area contributed by atoms with Gasteiger partial charge in [-0.15, -0.1) is 11.3 Å². The zero-order chi connectivity index (χ0) is 12.3. The van der Waals surface area contributed by atoms with Gasteiger partial charge in [-0.1, -0.05) is 17.7 Å². The number of thiazole rings is 1. The van der Waals surface area contributed by atoms with E-state index in [1.54, 1.807) is 11.3 Å². The molecule has 3 heteroatoms. The van der Waals surface area contributed by atoms with Crippen molar-refractivity contribution in [3.8, 4) is 11.3 Å². The molecular formula is C14H15NOS. The predicted octanol–water partition coefficient (Wildman–Crippen LogP) is 3.56. The van der Waals surface area contributed by atoms with Crippen molar-refractivity contribution in [1.82, 2.24) is 4.98 Å². The van der Waals surface area contributed by atoms with E-state index in [2.05, 4.69) is 42.4 Å². The first-order valence-corrected chi connectivity index (χ1v) is 6.54. The van der Waals surface area contributed by atoms with Gasteiger partial charge in [0.15, 0.2) is 0 Å². The van der Waals surface area contributed by atoms with Gasteiger partial charge in [-0.05, 0) is 25.5 Å². The van der Waals surface area contributed by atoms with Gasteiger partial charge in [0.1, 0.15) is 6.29 Å². The summed E-state index contributed by atoms with van der Waals surface area (Å²) in [5.74, 6) is 0. The number of aldehydes is 1. The highest BCUT2D eigenvalue weighted by molar-refractivity contribution is 7.09. The molecule has 2 nitrogen and oxygen atoms in total. The molecule has 0 atom stereocenters. The Morgan fingerprint density at radius 1 is 1.35 bits per heavy atom. The van der Waals surface area contributed by atoms with Crippen LogP contribution in [0.4, 0.5) is 0 Å². The molecule has 1 aromatic carbocycles. The average molecular weight is 245 g/mol. The predicted molar refractivity (Wildman–Crippen MR) is 71.4 cm³/mol. The highest BCUT2D eigenvalue weighted by atomic mass is 32.1. The minimum absolute atomic E-state index is 0.555. The van der Waals surface area contributed by atoms with Crippen LogP contribution >= 0.6 is 11.3 Å². The van der Waals surface area contributed by atoms with E-state index in [4.69, 9.17) is 0 Å². The fourth-order valence-electron chi connectivity index (χ4n) is 1.74. The van der Waals surface area contributed by atoms with Crippen LogP contribution in [0.1, 0.15) is 22.6 Å². The number of aryl methyl sites for hydroxylation is 3. The molecule has 1 heterocycles. The SMILES string of the molecule is Cc1ccc(C)c(-c2csc(CCC=O)n2)c1. The quantitative estimate of drug-likeness (QED) is 0.771. The van der Waals surface area contributed by atoms with Crippen molar-refractivity contribution >= 4 is 17.6 Å². The Morgan fingerprint density at radius 2 is 2.18 bits per heavy atom. The zero-order valence-electron chi connectivity index (χ0n) is 10.1. The highest BCUT2D eigenvalue weighted by Gasteiger charge is 2.07. The van der Waals surface area contributed by atoms with Crippen LogP contribution in [0, 0.1) is 13.8 Å². The summed E-state index contributed by atoms with van der Waals surface area (Å²) in [7, 11) is 0. The van der Waals surface area contributed by atoms with Gasteiger partial charge in [0, 0.05) is 23.8 Å². The summed E-state index contributed by atoms with van der Waals surface area (Å²) < 4.78 is 0. The molecule has 0 aliphatic heterocycles. The van der Waals surface area contributed by atoms with Crippen molar-refractivity contribution in [3.63, 3.8) is 0 Å². The van der Waals surface area contributed by atoms with E-state index >= 15 is 0 Å². The number of carbonyl (C=O) groups is 1. The summed E-state index contributed by atoms with van der Waals surface area (Å²) in [5.41, 5.74) is 4.70. The van der Waals surface area contributed by atoms with Crippen LogP contribution in [0.5, 0.6) is 0 Å². The van der Waals surface area contributed by atoms with Gasteiger partial charge in [-0.3, -0.25) is 0 Å². The second kappa shape index (κ2) is 5.23. The Balaban J connectivity index is 2.30. The molecule has 2 aromatic rings. The Bertz CT molecular complexity index is 531. The molecule has 0 saturated carbocycles. The normalized spacial score (nSPS) is 10.5. The molecular weight excluding hydrogens is 230 g/mol. The number of nitrogens with zero attached hydrogens (tertiary/aromatic N) is 1. The molecule has 17 heavy (non-hydrogen) atoms. The molecule has 0 radical (unpaired) electrons. The van der Waals surface area contributed by atoms with Crippen LogP contribution in [-0.2, 0) is 11.2 Å². The second-order valence-electron chi connectivity index (χ2n) is 4.15. The van der Waals surface area contributed by atoms with Crippen molar-refractivity contribution < 1.29 is 4.79 Å². The van der Waals surface area contributed by atoms with Gasteiger partial charge in [0.25, 0.3) is 0 Å². The molecule has 0 amide bonds. The number of rotatable bonds is 4. The number of hydrogen-bond acceptors (Lipinski definition) is 3. The monoisotopic (exact) mass is 245 g/mol. The third kappa shape index (κ3) is 2.80. The molecule has 2 rings (SSSR count). The smallest absolute Gasteiger partial charge is 0.120 e. The molecule has 0 N–H and O–H groups in total. The Hall–Kier alpha value is -1.48. The lowest BCUT2D eigenvalue weighted by Crippen LogP contribution is -1.88. The van der Waals surface area contributed by atoms with Gasteiger partial charge in [-0.25, -0.2) is 4.98 Å². The summed E-state index contributed by atoms with van der Waals surface area (Å²) >= 11 is 1.63. The zero-order valence-corrected chi connectivity index (χ0v) is 10.9. The molecule has 1 aromatic heterocycles. The minimum atomic E-state index is 0.555. The van der Waals surface area contributed by atoms with Crippen LogP contribution in [0.3, 0.4) is 0 Å². The van der Waals surface area contributed by atoms with Gasteiger partial charge in [-0.2, -0.15) is 0 Å². The lowest BCUT2D eigenvalue weighted by molar-refractivity contribution is -0.107. The third-order valence-corrected chi connectivity index (χ3v) is 3.61. The largest absolute Gasteiger partial charge is 0.303 e. The summed E-state index contributed by atoms with van der Waals surface area (Å²) in [6, 6.07) is 6.39. The number of hydrogen-bond donors (Lipinski definition) is 0. The van der Waals surface area contributed by atoms with Crippen LogP contribution < -0.4 is 0 Å². The summed E-state index contributed by atoms with van der Waals surface area (Å²) in [5, 5.41) is 3.11. The first kappa shape index (κ1) is 12.0. The standard InChI is InChI=1S/C14H15NOS/c1-10-5-6-11(2)12(8-10)13-9-17-14(15-13)4-3-7-16/h5-9H,3-4H2,1-2H3. The lowest BCUT2D eigenvalue weighted by atomic mass is 10.0.